The van der Waals surface area contributed by atoms with Crippen molar-refractivity contribution in [1.29, 1.82) is 0 Å². The van der Waals surface area contributed by atoms with Crippen molar-refractivity contribution < 1.29 is 8.81 Å². The van der Waals surface area contributed by atoms with Crippen LogP contribution in [0.5, 0.6) is 0 Å². The van der Waals surface area contributed by atoms with E-state index in [0.717, 1.165) is 11.3 Å². The molecule has 4 rings (SSSR count). The van der Waals surface area contributed by atoms with Gasteiger partial charge in [0.25, 0.3) is 0 Å². The fourth-order valence-electron chi connectivity index (χ4n) is 2.69. The predicted octanol–water partition coefficient (Wildman–Crippen LogP) is 5.46. The van der Waals surface area contributed by atoms with E-state index in [9.17, 15) is 4.39 Å². The molecule has 0 N–H and O–H groups in total. The smallest absolute Gasteiger partial charge is 0.247 e. The topological polar surface area (TPSA) is 38.9 Å². The van der Waals surface area contributed by atoms with E-state index in [0.29, 0.717) is 17.5 Å². The summed E-state index contributed by atoms with van der Waals surface area (Å²) in [6.07, 6.45) is 0. The molecule has 4 aromatic rings. The number of fused-ring (bicyclic) bond motifs is 1. The van der Waals surface area contributed by atoms with E-state index >= 15 is 0 Å². The summed E-state index contributed by atoms with van der Waals surface area (Å²) in [5.74, 6) is 2.21. The molecule has 5 heteroatoms. The number of hydrogen-bond acceptors (Lipinski definition) is 4. The van der Waals surface area contributed by atoms with Gasteiger partial charge in [-0.1, -0.05) is 42.5 Å². The van der Waals surface area contributed by atoms with Crippen molar-refractivity contribution in [3.8, 4) is 11.5 Å². The van der Waals surface area contributed by atoms with Crippen molar-refractivity contribution in [2.45, 2.75) is 11.5 Å². The highest BCUT2D eigenvalue weighted by molar-refractivity contribution is 7.97. The first-order chi connectivity index (χ1) is 12.3. The zero-order chi connectivity index (χ0) is 17.1. The molecule has 0 saturated heterocycles. The van der Waals surface area contributed by atoms with Crippen molar-refractivity contribution in [3.05, 3.63) is 84.0 Å². The Labute approximate surface area is 148 Å². The first-order valence-corrected chi connectivity index (χ1v) is 9.08. The predicted molar refractivity (Wildman–Crippen MR) is 98.6 cm³/mol. The Balaban J connectivity index is 1.43. The standard InChI is InChI=1S/C20H15FN2OS/c21-17-10-8-15(9-11-17)20-23-22-19(24-20)13-25-12-16-6-3-5-14-4-1-2-7-18(14)16/h1-11H,12-13H2. The van der Waals surface area contributed by atoms with Crippen LogP contribution in [0.15, 0.2) is 71.1 Å². The molecule has 0 fully saturated rings. The average Bonchev–Trinajstić information content (AvgIpc) is 3.11. The lowest BCUT2D eigenvalue weighted by Gasteiger charge is -2.05. The lowest BCUT2D eigenvalue weighted by Crippen LogP contribution is -1.86. The van der Waals surface area contributed by atoms with E-state index in [1.807, 2.05) is 0 Å². The van der Waals surface area contributed by atoms with Gasteiger partial charge in [0, 0.05) is 11.3 Å². The lowest BCUT2D eigenvalue weighted by molar-refractivity contribution is 0.528. The summed E-state index contributed by atoms with van der Waals surface area (Å²) in [5.41, 5.74) is 2.01. The zero-order valence-electron chi connectivity index (χ0n) is 13.4. The Morgan fingerprint density at radius 2 is 1.64 bits per heavy atom. The van der Waals surface area contributed by atoms with Gasteiger partial charge < -0.3 is 4.42 Å². The van der Waals surface area contributed by atoms with Crippen molar-refractivity contribution >= 4 is 22.5 Å². The van der Waals surface area contributed by atoms with E-state index in [1.54, 1.807) is 23.9 Å². The number of thioether (sulfide) groups is 1. The molecule has 0 unspecified atom stereocenters. The molecule has 0 bridgehead atoms. The summed E-state index contributed by atoms with van der Waals surface area (Å²) in [5, 5.41) is 10.6. The Bertz CT molecular complexity index is 993. The maximum absolute atomic E-state index is 13.0. The molecular formula is C20H15FN2OS. The summed E-state index contributed by atoms with van der Waals surface area (Å²) in [6.45, 7) is 0. The van der Waals surface area contributed by atoms with Gasteiger partial charge in [0.15, 0.2) is 0 Å². The van der Waals surface area contributed by atoms with E-state index in [2.05, 4.69) is 52.7 Å². The Morgan fingerprint density at radius 3 is 2.52 bits per heavy atom. The van der Waals surface area contributed by atoms with Crippen LogP contribution in [0.1, 0.15) is 11.5 Å². The minimum absolute atomic E-state index is 0.283. The minimum atomic E-state index is -0.283. The third-order valence-electron chi connectivity index (χ3n) is 3.92. The van der Waals surface area contributed by atoms with E-state index in [-0.39, 0.29) is 5.82 Å². The first kappa shape index (κ1) is 15.8. The van der Waals surface area contributed by atoms with Gasteiger partial charge in [0.2, 0.25) is 11.8 Å². The lowest BCUT2D eigenvalue weighted by atomic mass is 10.1. The molecule has 1 aromatic heterocycles. The molecule has 0 radical (unpaired) electrons. The van der Waals surface area contributed by atoms with Gasteiger partial charge in [0.05, 0.1) is 5.75 Å². The third kappa shape index (κ3) is 3.56. The van der Waals surface area contributed by atoms with Crippen LogP contribution in [0.25, 0.3) is 22.2 Å². The van der Waals surface area contributed by atoms with Gasteiger partial charge in [0.1, 0.15) is 5.82 Å². The van der Waals surface area contributed by atoms with Crippen molar-refractivity contribution in [2.24, 2.45) is 0 Å². The van der Waals surface area contributed by atoms with Gasteiger partial charge in [-0.25, -0.2) is 4.39 Å². The van der Waals surface area contributed by atoms with E-state index in [1.165, 1.54) is 28.5 Å². The molecule has 0 atom stereocenters. The molecule has 0 aliphatic carbocycles. The summed E-state index contributed by atoms with van der Waals surface area (Å²) in [6, 6.07) is 20.8. The second-order valence-electron chi connectivity index (χ2n) is 5.64. The molecule has 0 amide bonds. The number of nitrogens with zero attached hydrogens (tertiary/aromatic N) is 2. The zero-order valence-corrected chi connectivity index (χ0v) is 14.2. The second kappa shape index (κ2) is 7.07. The number of aromatic nitrogens is 2. The summed E-state index contributed by atoms with van der Waals surface area (Å²) in [7, 11) is 0. The van der Waals surface area contributed by atoms with E-state index in [4.69, 9.17) is 4.42 Å². The molecule has 3 aromatic carbocycles. The second-order valence-corrected chi connectivity index (χ2v) is 6.62. The van der Waals surface area contributed by atoms with Crippen LogP contribution in [0, 0.1) is 5.82 Å². The molecule has 124 valence electrons. The van der Waals surface area contributed by atoms with Crippen LogP contribution in [-0.2, 0) is 11.5 Å². The Morgan fingerprint density at radius 1 is 0.840 bits per heavy atom. The maximum atomic E-state index is 13.0. The van der Waals surface area contributed by atoms with Crippen molar-refractivity contribution in [3.63, 3.8) is 0 Å². The number of benzene rings is 3. The highest BCUT2D eigenvalue weighted by atomic mass is 32.2. The summed E-state index contributed by atoms with van der Waals surface area (Å²) >= 11 is 1.73. The van der Waals surface area contributed by atoms with Crippen molar-refractivity contribution in [2.75, 3.05) is 0 Å². The molecular weight excluding hydrogens is 335 g/mol. The van der Waals surface area contributed by atoms with Crippen LogP contribution >= 0.6 is 11.8 Å². The number of rotatable bonds is 5. The highest BCUT2D eigenvalue weighted by Gasteiger charge is 2.09. The maximum Gasteiger partial charge on any atom is 0.247 e. The van der Waals surface area contributed by atoms with Crippen LogP contribution in [0.2, 0.25) is 0 Å². The van der Waals surface area contributed by atoms with Crippen molar-refractivity contribution in [1.82, 2.24) is 10.2 Å². The number of halogens is 1. The minimum Gasteiger partial charge on any atom is -0.420 e. The quantitative estimate of drug-likeness (QED) is 0.479. The fourth-order valence-corrected chi connectivity index (χ4v) is 3.55. The average molecular weight is 350 g/mol. The highest BCUT2D eigenvalue weighted by Crippen LogP contribution is 2.25. The monoisotopic (exact) mass is 350 g/mol. The normalized spacial score (nSPS) is 11.1. The Hall–Kier alpha value is -2.66. The number of hydrogen-bond donors (Lipinski definition) is 0. The van der Waals surface area contributed by atoms with Gasteiger partial charge in [-0.15, -0.1) is 22.0 Å². The van der Waals surface area contributed by atoms with Gasteiger partial charge >= 0.3 is 0 Å². The fraction of sp³-hybridized carbons (Fsp3) is 0.100. The van der Waals surface area contributed by atoms with Gasteiger partial charge in [-0.3, -0.25) is 0 Å². The molecule has 0 aliphatic rings. The largest absolute Gasteiger partial charge is 0.420 e. The molecule has 0 saturated carbocycles. The van der Waals surface area contributed by atoms with Gasteiger partial charge in [-0.05, 0) is 40.6 Å². The summed E-state index contributed by atoms with van der Waals surface area (Å²) in [4.78, 5) is 0. The molecule has 3 nitrogen and oxygen atoms in total. The van der Waals surface area contributed by atoms with Crippen LogP contribution in [0.3, 0.4) is 0 Å². The molecule has 0 aliphatic heterocycles. The van der Waals surface area contributed by atoms with Crippen LogP contribution < -0.4 is 0 Å². The van der Waals surface area contributed by atoms with E-state index < -0.39 is 0 Å². The Kier molecular flexibility index (Phi) is 4.48. The molecule has 0 spiro atoms. The third-order valence-corrected chi connectivity index (χ3v) is 4.89. The SMILES string of the molecule is Fc1ccc(-c2nnc(CSCc3cccc4ccccc34)o2)cc1. The molecule has 1 heterocycles. The van der Waals surface area contributed by atoms with Crippen LogP contribution in [0.4, 0.5) is 4.39 Å². The van der Waals surface area contributed by atoms with Gasteiger partial charge in [-0.2, -0.15) is 0 Å². The first-order valence-electron chi connectivity index (χ1n) is 7.92. The van der Waals surface area contributed by atoms with Crippen LogP contribution in [-0.4, -0.2) is 10.2 Å². The molecule has 25 heavy (non-hydrogen) atoms. The summed E-state index contributed by atoms with van der Waals surface area (Å²) < 4.78 is 18.6.